The van der Waals surface area contributed by atoms with E-state index < -0.39 is 0 Å². The van der Waals surface area contributed by atoms with Crippen LogP contribution in [0.3, 0.4) is 0 Å². The standard InChI is InChI=1S/C20H25N3O3S/c1-26-18-7-3-2-6-17(18)22-19(24)15-9-12-23(13-10-15)20(25)21-11-8-16-5-4-14-27-16/h2-7,14-15H,8-13H2,1H3,(H,21,25)(H,22,24). The molecule has 2 heterocycles. The number of thiophene rings is 1. The first-order chi connectivity index (χ1) is 13.2. The van der Waals surface area contributed by atoms with Crippen molar-refractivity contribution in [2.24, 2.45) is 5.92 Å². The molecule has 0 bridgehead atoms. The van der Waals surface area contributed by atoms with Gasteiger partial charge in [-0.1, -0.05) is 18.2 Å². The number of nitrogens with zero attached hydrogens (tertiary/aromatic N) is 1. The van der Waals surface area contributed by atoms with Crippen LogP contribution in [0.2, 0.25) is 0 Å². The highest BCUT2D eigenvalue weighted by atomic mass is 32.1. The van der Waals surface area contributed by atoms with Crippen molar-refractivity contribution >= 4 is 29.0 Å². The van der Waals surface area contributed by atoms with Gasteiger partial charge in [0.1, 0.15) is 5.75 Å². The van der Waals surface area contributed by atoms with Gasteiger partial charge >= 0.3 is 6.03 Å². The minimum atomic E-state index is -0.0925. The van der Waals surface area contributed by atoms with E-state index in [0.29, 0.717) is 43.9 Å². The number of carbonyl (C=O) groups is 2. The van der Waals surface area contributed by atoms with Crippen LogP contribution in [-0.4, -0.2) is 43.6 Å². The number of likely N-dealkylation sites (tertiary alicyclic amines) is 1. The van der Waals surface area contributed by atoms with E-state index in [-0.39, 0.29) is 17.9 Å². The van der Waals surface area contributed by atoms with E-state index in [0.717, 1.165) is 6.42 Å². The van der Waals surface area contributed by atoms with Gasteiger partial charge in [0, 0.05) is 30.4 Å². The SMILES string of the molecule is COc1ccccc1NC(=O)C1CCN(C(=O)NCCc2cccs2)CC1. The summed E-state index contributed by atoms with van der Waals surface area (Å²) in [6, 6.07) is 11.4. The van der Waals surface area contributed by atoms with E-state index in [1.54, 1.807) is 23.3 Å². The van der Waals surface area contributed by atoms with Crippen LogP contribution in [0.15, 0.2) is 41.8 Å². The molecular formula is C20H25N3O3S. The second-order valence-corrected chi connectivity index (χ2v) is 7.54. The van der Waals surface area contributed by atoms with Gasteiger partial charge in [0.2, 0.25) is 5.91 Å². The van der Waals surface area contributed by atoms with E-state index >= 15 is 0 Å². The molecule has 1 aromatic carbocycles. The van der Waals surface area contributed by atoms with Crippen molar-refractivity contribution in [3.63, 3.8) is 0 Å². The van der Waals surface area contributed by atoms with E-state index in [4.69, 9.17) is 4.74 Å². The monoisotopic (exact) mass is 387 g/mol. The molecule has 1 aromatic heterocycles. The topological polar surface area (TPSA) is 70.7 Å². The third-order valence-corrected chi connectivity index (χ3v) is 5.68. The summed E-state index contributed by atoms with van der Waals surface area (Å²) in [5, 5.41) is 7.95. The van der Waals surface area contributed by atoms with Gasteiger partial charge in [0.25, 0.3) is 0 Å². The number of methoxy groups -OCH3 is 1. The van der Waals surface area contributed by atoms with E-state index in [9.17, 15) is 9.59 Å². The van der Waals surface area contributed by atoms with Crippen LogP contribution in [0.25, 0.3) is 0 Å². The minimum Gasteiger partial charge on any atom is -0.495 e. The van der Waals surface area contributed by atoms with Crippen molar-refractivity contribution < 1.29 is 14.3 Å². The van der Waals surface area contributed by atoms with E-state index in [1.165, 1.54) is 4.88 Å². The molecule has 144 valence electrons. The van der Waals surface area contributed by atoms with Crippen LogP contribution in [0, 0.1) is 5.92 Å². The Balaban J connectivity index is 1.42. The molecule has 0 unspecified atom stereocenters. The van der Waals surface area contributed by atoms with Gasteiger partial charge in [-0.2, -0.15) is 0 Å². The molecule has 6 nitrogen and oxygen atoms in total. The molecule has 2 N–H and O–H groups in total. The molecule has 1 fully saturated rings. The number of hydrogen-bond acceptors (Lipinski definition) is 4. The van der Waals surface area contributed by atoms with Crippen LogP contribution in [0.4, 0.5) is 10.5 Å². The number of anilines is 1. The number of carbonyl (C=O) groups excluding carboxylic acids is 2. The lowest BCUT2D eigenvalue weighted by Gasteiger charge is -2.31. The fourth-order valence-electron chi connectivity index (χ4n) is 3.19. The molecule has 3 amide bonds. The molecule has 1 aliphatic rings. The van der Waals surface area contributed by atoms with E-state index in [1.807, 2.05) is 35.7 Å². The van der Waals surface area contributed by atoms with Gasteiger partial charge in [-0.15, -0.1) is 11.3 Å². The smallest absolute Gasteiger partial charge is 0.317 e. The molecule has 3 rings (SSSR count). The summed E-state index contributed by atoms with van der Waals surface area (Å²) in [7, 11) is 1.58. The summed E-state index contributed by atoms with van der Waals surface area (Å²) in [5.41, 5.74) is 0.679. The highest BCUT2D eigenvalue weighted by Gasteiger charge is 2.27. The van der Waals surface area contributed by atoms with Gasteiger partial charge in [-0.3, -0.25) is 4.79 Å². The molecule has 0 spiro atoms. The first-order valence-electron chi connectivity index (χ1n) is 9.16. The quantitative estimate of drug-likeness (QED) is 0.798. The lowest BCUT2D eigenvalue weighted by molar-refractivity contribution is -0.121. The van der Waals surface area contributed by atoms with Crippen LogP contribution in [0.1, 0.15) is 17.7 Å². The number of benzene rings is 1. The third-order valence-electron chi connectivity index (χ3n) is 4.75. The van der Waals surface area contributed by atoms with Crippen molar-refractivity contribution in [1.29, 1.82) is 0 Å². The second kappa shape index (κ2) is 9.41. The van der Waals surface area contributed by atoms with Crippen molar-refractivity contribution in [2.45, 2.75) is 19.3 Å². The number of amides is 3. The van der Waals surface area contributed by atoms with Crippen molar-refractivity contribution in [3.8, 4) is 5.75 Å². The molecule has 7 heteroatoms. The molecule has 0 radical (unpaired) electrons. The molecule has 27 heavy (non-hydrogen) atoms. The maximum Gasteiger partial charge on any atom is 0.317 e. The van der Waals surface area contributed by atoms with Gasteiger partial charge < -0.3 is 20.3 Å². The van der Waals surface area contributed by atoms with Crippen LogP contribution >= 0.6 is 11.3 Å². The Morgan fingerprint density at radius 1 is 1.19 bits per heavy atom. The largest absolute Gasteiger partial charge is 0.495 e. The van der Waals surface area contributed by atoms with Crippen LogP contribution in [-0.2, 0) is 11.2 Å². The Kier molecular flexibility index (Phi) is 6.70. The highest BCUT2D eigenvalue weighted by Crippen LogP contribution is 2.25. The van der Waals surface area contributed by atoms with Gasteiger partial charge in [0.05, 0.1) is 12.8 Å². The minimum absolute atomic E-state index is 0.0164. The Labute approximate surface area is 163 Å². The zero-order chi connectivity index (χ0) is 19.1. The van der Waals surface area contributed by atoms with Crippen LogP contribution < -0.4 is 15.4 Å². The number of hydrogen-bond donors (Lipinski definition) is 2. The Morgan fingerprint density at radius 3 is 2.67 bits per heavy atom. The zero-order valence-electron chi connectivity index (χ0n) is 15.4. The number of rotatable bonds is 6. The summed E-state index contributed by atoms with van der Waals surface area (Å²) in [6.45, 7) is 1.82. The Morgan fingerprint density at radius 2 is 1.96 bits per heavy atom. The normalized spacial score (nSPS) is 14.6. The average Bonchev–Trinajstić information content (AvgIpc) is 3.22. The predicted molar refractivity (Wildman–Crippen MR) is 107 cm³/mol. The maximum atomic E-state index is 12.5. The van der Waals surface area contributed by atoms with Gasteiger partial charge in [0.15, 0.2) is 0 Å². The number of para-hydroxylation sites is 2. The molecule has 2 aromatic rings. The molecule has 0 saturated carbocycles. The summed E-state index contributed by atoms with van der Waals surface area (Å²) >= 11 is 1.70. The fourth-order valence-corrected chi connectivity index (χ4v) is 3.90. The molecule has 1 aliphatic heterocycles. The van der Waals surface area contributed by atoms with Crippen molar-refractivity contribution in [1.82, 2.24) is 10.2 Å². The summed E-state index contributed by atoms with van der Waals surface area (Å²) in [4.78, 5) is 27.9. The summed E-state index contributed by atoms with van der Waals surface area (Å²) in [6.07, 6.45) is 2.18. The van der Waals surface area contributed by atoms with Crippen molar-refractivity contribution in [2.75, 3.05) is 32.1 Å². The number of ether oxygens (including phenoxy) is 1. The third kappa shape index (κ3) is 5.23. The molecule has 0 atom stereocenters. The molecule has 0 aliphatic carbocycles. The second-order valence-electron chi connectivity index (χ2n) is 6.51. The first-order valence-corrected chi connectivity index (χ1v) is 10.0. The summed E-state index contributed by atoms with van der Waals surface area (Å²) < 4.78 is 5.27. The molecular weight excluding hydrogens is 362 g/mol. The zero-order valence-corrected chi connectivity index (χ0v) is 16.3. The Bertz CT molecular complexity index is 756. The molecule has 1 saturated heterocycles. The lowest BCUT2D eigenvalue weighted by atomic mass is 9.96. The van der Waals surface area contributed by atoms with E-state index in [2.05, 4.69) is 16.7 Å². The van der Waals surface area contributed by atoms with Gasteiger partial charge in [-0.05, 0) is 42.8 Å². The number of piperidine rings is 1. The average molecular weight is 388 g/mol. The van der Waals surface area contributed by atoms with Gasteiger partial charge in [-0.25, -0.2) is 4.79 Å². The van der Waals surface area contributed by atoms with Crippen LogP contribution in [0.5, 0.6) is 5.75 Å². The number of nitrogens with one attached hydrogen (secondary N) is 2. The predicted octanol–water partition coefficient (Wildman–Crippen LogP) is 3.36. The first kappa shape index (κ1) is 19.2. The highest BCUT2D eigenvalue weighted by molar-refractivity contribution is 7.09. The maximum absolute atomic E-state index is 12.5. The fraction of sp³-hybridized carbons (Fsp3) is 0.400. The lowest BCUT2D eigenvalue weighted by Crippen LogP contribution is -2.46. The van der Waals surface area contributed by atoms with Crippen molar-refractivity contribution in [3.05, 3.63) is 46.7 Å². The summed E-state index contributed by atoms with van der Waals surface area (Å²) in [5.74, 6) is 0.538. The number of urea groups is 1. The Hall–Kier alpha value is -2.54.